The fourth-order valence-electron chi connectivity index (χ4n) is 3.62. The third-order valence-electron chi connectivity index (χ3n) is 5.23. The molecule has 0 radical (unpaired) electrons. The van der Waals surface area contributed by atoms with E-state index in [9.17, 15) is 14.4 Å². The Balaban J connectivity index is 1.59. The molecule has 0 atom stereocenters. The molecule has 31 heavy (non-hydrogen) atoms. The molecule has 2 aromatic carbocycles. The molecule has 0 aliphatic heterocycles. The Bertz CT molecular complexity index is 951. The lowest BCUT2D eigenvalue weighted by Crippen LogP contribution is -2.40. The topological polar surface area (TPSA) is 93.7 Å². The molecule has 7 nitrogen and oxygen atoms in total. The number of nitrogens with one attached hydrogen (secondary N) is 2. The normalized spacial score (nSPS) is 13.9. The molecule has 1 aliphatic carbocycles. The van der Waals surface area contributed by atoms with Crippen molar-refractivity contribution in [2.75, 3.05) is 19.0 Å². The van der Waals surface area contributed by atoms with Gasteiger partial charge in [-0.15, -0.1) is 0 Å². The maximum atomic E-state index is 12.5. The molecule has 0 spiro atoms. The van der Waals surface area contributed by atoms with Gasteiger partial charge in [0.2, 0.25) is 5.78 Å². The number of hydrogen-bond acceptors (Lipinski definition) is 5. The van der Waals surface area contributed by atoms with E-state index < -0.39 is 11.7 Å². The first-order valence-electron chi connectivity index (χ1n) is 10.5. The van der Waals surface area contributed by atoms with E-state index in [1.807, 2.05) is 25.1 Å². The number of Topliss-reactive ketones (excluding diaryl/α,β-unsaturated/α-hetero) is 1. The van der Waals surface area contributed by atoms with Gasteiger partial charge in [0.1, 0.15) is 0 Å². The Morgan fingerprint density at radius 2 is 1.77 bits per heavy atom. The van der Waals surface area contributed by atoms with Crippen LogP contribution >= 0.6 is 0 Å². The van der Waals surface area contributed by atoms with Crippen molar-refractivity contribution in [2.45, 2.75) is 45.1 Å². The third-order valence-corrected chi connectivity index (χ3v) is 5.23. The van der Waals surface area contributed by atoms with Gasteiger partial charge in [-0.1, -0.05) is 31.4 Å². The van der Waals surface area contributed by atoms with Crippen molar-refractivity contribution in [3.8, 4) is 11.5 Å². The highest BCUT2D eigenvalue weighted by Gasteiger charge is 2.22. The number of anilines is 1. The molecular formula is C24H28N2O5. The van der Waals surface area contributed by atoms with Gasteiger partial charge in [0, 0.05) is 17.3 Å². The smallest absolute Gasteiger partial charge is 0.292 e. The quantitative estimate of drug-likeness (QED) is 0.498. The minimum absolute atomic E-state index is 0.0571. The van der Waals surface area contributed by atoms with E-state index in [4.69, 9.17) is 9.47 Å². The van der Waals surface area contributed by atoms with E-state index in [0.717, 1.165) is 31.2 Å². The highest BCUT2D eigenvalue weighted by molar-refractivity contribution is 6.42. The van der Waals surface area contributed by atoms with Gasteiger partial charge in [-0.25, -0.2) is 0 Å². The predicted molar refractivity (Wildman–Crippen MR) is 118 cm³/mol. The molecule has 1 saturated carbocycles. The van der Waals surface area contributed by atoms with Crippen LogP contribution < -0.4 is 20.1 Å². The van der Waals surface area contributed by atoms with Crippen LogP contribution in [0.3, 0.4) is 0 Å². The molecule has 2 amide bonds. The van der Waals surface area contributed by atoms with E-state index in [2.05, 4.69) is 10.6 Å². The van der Waals surface area contributed by atoms with Gasteiger partial charge in [0.05, 0.1) is 7.11 Å². The minimum atomic E-state index is -0.618. The molecule has 7 heteroatoms. The maximum absolute atomic E-state index is 12.5. The molecule has 0 heterocycles. The summed E-state index contributed by atoms with van der Waals surface area (Å²) in [4.78, 5) is 37.0. The zero-order valence-corrected chi connectivity index (χ0v) is 17.9. The van der Waals surface area contributed by atoms with Crippen molar-refractivity contribution in [3.05, 3.63) is 53.6 Å². The average Bonchev–Trinajstić information content (AvgIpc) is 2.77. The highest BCUT2D eigenvalue weighted by Crippen LogP contribution is 2.28. The van der Waals surface area contributed by atoms with Crippen LogP contribution in [-0.4, -0.2) is 37.4 Å². The molecule has 2 aromatic rings. The summed E-state index contributed by atoms with van der Waals surface area (Å²) < 4.78 is 10.9. The van der Waals surface area contributed by atoms with Gasteiger partial charge in [-0.2, -0.15) is 0 Å². The van der Waals surface area contributed by atoms with Gasteiger partial charge in [-0.3, -0.25) is 14.4 Å². The molecule has 0 saturated heterocycles. The number of carbonyl (C=O) groups excluding carboxylic acids is 3. The van der Waals surface area contributed by atoms with Crippen LogP contribution in [0.4, 0.5) is 5.69 Å². The van der Waals surface area contributed by atoms with Crippen molar-refractivity contribution < 1.29 is 23.9 Å². The number of ether oxygens (including phenoxy) is 2. The molecule has 1 fully saturated rings. The van der Waals surface area contributed by atoms with Crippen LogP contribution in [0, 0.1) is 6.92 Å². The summed E-state index contributed by atoms with van der Waals surface area (Å²) in [5, 5.41) is 5.58. The Kier molecular flexibility index (Phi) is 7.65. The first-order valence-corrected chi connectivity index (χ1v) is 10.5. The van der Waals surface area contributed by atoms with Gasteiger partial charge >= 0.3 is 0 Å². The predicted octanol–water partition coefficient (Wildman–Crippen LogP) is 3.65. The largest absolute Gasteiger partial charge is 0.493 e. The molecule has 1 aliphatic rings. The number of methoxy groups -OCH3 is 1. The summed E-state index contributed by atoms with van der Waals surface area (Å²) in [5.74, 6) is -0.960. The van der Waals surface area contributed by atoms with Gasteiger partial charge in [0.15, 0.2) is 18.1 Å². The lowest BCUT2D eigenvalue weighted by molar-refractivity contribution is -0.118. The number of carbonyl (C=O) groups is 3. The summed E-state index contributed by atoms with van der Waals surface area (Å²) in [6.07, 6.45) is 5.11. The summed E-state index contributed by atoms with van der Waals surface area (Å²) in [6, 6.07) is 12.0. The van der Waals surface area contributed by atoms with Crippen LogP contribution in [-0.2, 0) is 9.59 Å². The van der Waals surface area contributed by atoms with Crippen LogP contribution in [0.2, 0.25) is 0 Å². The van der Waals surface area contributed by atoms with Crippen LogP contribution in [0.15, 0.2) is 42.5 Å². The molecule has 2 N–H and O–H groups in total. The van der Waals surface area contributed by atoms with Crippen molar-refractivity contribution in [1.29, 1.82) is 0 Å². The monoisotopic (exact) mass is 424 g/mol. The molecule has 3 rings (SSSR count). The zero-order chi connectivity index (χ0) is 22.2. The van der Waals surface area contributed by atoms with Crippen LogP contribution in [0.25, 0.3) is 0 Å². The Hall–Kier alpha value is -3.35. The Morgan fingerprint density at radius 3 is 2.48 bits per heavy atom. The lowest BCUT2D eigenvalue weighted by Gasteiger charge is -2.22. The van der Waals surface area contributed by atoms with Crippen molar-refractivity contribution in [3.63, 3.8) is 0 Å². The second-order valence-electron chi connectivity index (χ2n) is 7.71. The second-order valence-corrected chi connectivity index (χ2v) is 7.71. The van der Waals surface area contributed by atoms with E-state index in [0.29, 0.717) is 11.4 Å². The summed E-state index contributed by atoms with van der Waals surface area (Å²) in [6.45, 7) is 1.72. The Labute approximate surface area is 182 Å². The number of hydrogen-bond donors (Lipinski definition) is 2. The SMILES string of the molecule is COc1cc(C(=O)C(=O)NC2CCCCC2)ccc1OCC(=O)Nc1cccc(C)c1. The summed E-state index contributed by atoms with van der Waals surface area (Å²) in [5.41, 5.74) is 1.93. The number of rotatable bonds is 8. The molecule has 0 aromatic heterocycles. The van der Waals surface area contributed by atoms with E-state index in [-0.39, 0.29) is 29.9 Å². The zero-order valence-electron chi connectivity index (χ0n) is 17.9. The van der Waals surface area contributed by atoms with E-state index >= 15 is 0 Å². The first-order chi connectivity index (χ1) is 15.0. The maximum Gasteiger partial charge on any atom is 0.292 e. The highest BCUT2D eigenvalue weighted by atomic mass is 16.5. The molecular weight excluding hydrogens is 396 g/mol. The van der Waals surface area contributed by atoms with Crippen molar-refractivity contribution in [1.82, 2.24) is 5.32 Å². The van der Waals surface area contributed by atoms with Gasteiger partial charge < -0.3 is 20.1 Å². The molecule has 0 bridgehead atoms. The van der Waals surface area contributed by atoms with Gasteiger partial charge in [0.25, 0.3) is 11.8 Å². The van der Waals surface area contributed by atoms with Crippen molar-refractivity contribution >= 4 is 23.3 Å². The number of aryl methyl sites for hydroxylation is 1. The number of benzene rings is 2. The Morgan fingerprint density at radius 1 is 1.00 bits per heavy atom. The first kappa shape index (κ1) is 22.3. The van der Waals surface area contributed by atoms with E-state index in [1.54, 1.807) is 6.07 Å². The van der Waals surface area contributed by atoms with Crippen molar-refractivity contribution in [2.24, 2.45) is 0 Å². The summed E-state index contributed by atoms with van der Waals surface area (Å²) in [7, 11) is 1.44. The van der Waals surface area contributed by atoms with Gasteiger partial charge in [-0.05, 0) is 55.7 Å². The van der Waals surface area contributed by atoms with Crippen LogP contribution in [0.1, 0.15) is 48.0 Å². The minimum Gasteiger partial charge on any atom is -0.493 e. The molecule has 0 unspecified atom stereocenters. The fourth-order valence-corrected chi connectivity index (χ4v) is 3.62. The average molecular weight is 424 g/mol. The second kappa shape index (κ2) is 10.6. The fraction of sp³-hybridized carbons (Fsp3) is 0.375. The standard InChI is InChI=1S/C24H28N2O5/c1-16-7-6-10-19(13-16)25-22(27)15-31-20-12-11-17(14-21(20)30-2)23(28)24(29)26-18-8-4-3-5-9-18/h6-7,10-14,18H,3-5,8-9,15H2,1-2H3,(H,25,27)(H,26,29). The number of amides is 2. The third kappa shape index (κ3) is 6.31. The van der Waals surface area contributed by atoms with Crippen LogP contribution in [0.5, 0.6) is 11.5 Å². The lowest BCUT2D eigenvalue weighted by atomic mass is 9.95. The summed E-state index contributed by atoms with van der Waals surface area (Å²) >= 11 is 0. The molecule has 164 valence electrons. The van der Waals surface area contributed by atoms with E-state index in [1.165, 1.54) is 31.7 Å². The number of ketones is 1.